The number of aliphatic hydroxyl groups is 1. The lowest BCUT2D eigenvalue weighted by molar-refractivity contribution is -0.153. The molecule has 4 aliphatic heterocycles. The number of carbonyl (C=O) groups excluding carboxylic acids is 3. The van der Waals surface area contributed by atoms with E-state index >= 15 is 0 Å². The Bertz CT molecular complexity index is 1200. The third kappa shape index (κ3) is 4.63. The number of esters is 1. The smallest absolute Gasteiger partial charge is 0.311 e. The fraction of sp³-hybridized carbons (Fsp3) is 0.581. The summed E-state index contributed by atoms with van der Waals surface area (Å²) in [5, 5.41) is 10.3. The number of anilines is 1. The molecule has 210 valence electrons. The van der Waals surface area contributed by atoms with E-state index in [2.05, 4.69) is 6.08 Å². The molecule has 0 saturated carbocycles. The maximum Gasteiger partial charge on any atom is 0.311 e. The van der Waals surface area contributed by atoms with Crippen LogP contribution in [0.1, 0.15) is 50.7 Å². The van der Waals surface area contributed by atoms with Crippen LogP contribution in [0.5, 0.6) is 0 Å². The van der Waals surface area contributed by atoms with Crippen LogP contribution in [0.3, 0.4) is 0 Å². The molecule has 5 rings (SSSR count). The second kappa shape index (κ2) is 11.1. The van der Waals surface area contributed by atoms with E-state index < -0.39 is 28.7 Å². The van der Waals surface area contributed by atoms with Gasteiger partial charge in [0.15, 0.2) is 0 Å². The number of rotatable bonds is 5. The summed E-state index contributed by atoms with van der Waals surface area (Å²) in [6.07, 6.45) is 11.5. The molecular formula is C31H40N2O5S. The van der Waals surface area contributed by atoms with Gasteiger partial charge in [0.25, 0.3) is 5.91 Å². The number of cyclic esters (lactones) is 1. The molecule has 8 heteroatoms. The molecule has 0 aromatic heterocycles. The lowest BCUT2D eigenvalue weighted by atomic mass is 9.78. The van der Waals surface area contributed by atoms with Crippen LogP contribution >= 0.6 is 11.8 Å². The SMILES string of the molecule is CC[C@H](C)[C@H](CO)N1C(=O)[C@@H]2[C@@H]3C(=O)OCCCC/C=C\[C@@H]3S[C@@]23C=CCN(c2cc(C)ccc2C)C(=O)C13. The van der Waals surface area contributed by atoms with Gasteiger partial charge >= 0.3 is 5.97 Å². The van der Waals surface area contributed by atoms with Crippen molar-refractivity contribution in [2.45, 2.75) is 75.5 Å². The Labute approximate surface area is 235 Å². The Kier molecular flexibility index (Phi) is 7.98. The number of amides is 2. The van der Waals surface area contributed by atoms with Crippen molar-refractivity contribution in [2.24, 2.45) is 17.8 Å². The number of benzene rings is 1. The van der Waals surface area contributed by atoms with Gasteiger partial charge in [0.05, 0.1) is 35.8 Å². The van der Waals surface area contributed by atoms with E-state index in [-0.39, 0.29) is 35.6 Å². The number of allylic oxidation sites excluding steroid dienone is 1. The first-order valence-corrected chi connectivity index (χ1v) is 15.1. The average Bonchev–Trinajstić information content (AvgIpc) is 3.31. The van der Waals surface area contributed by atoms with E-state index in [0.717, 1.165) is 42.5 Å². The van der Waals surface area contributed by atoms with Crippen molar-refractivity contribution < 1.29 is 24.2 Å². The van der Waals surface area contributed by atoms with Gasteiger partial charge in [-0.15, -0.1) is 11.8 Å². The van der Waals surface area contributed by atoms with Gasteiger partial charge in [-0.05, 0) is 56.2 Å². The lowest BCUT2D eigenvalue weighted by Crippen LogP contribution is -2.58. The van der Waals surface area contributed by atoms with E-state index in [1.165, 1.54) is 0 Å². The number of aryl methyl sites for hydroxylation is 2. The predicted molar refractivity (Wildman–Crippen MR) is 153 cm³/mol. The quantitative estimate of drug-likeness (QED) is 0.435. The third-order valence-electron chi connectivity index (χ3n) is 9.04. The summed E-state index contributed by atoms with van der Waals surface area (Å²) in [6, 6.07) is 4.67. The van der Waals surface area contributed by atoms with Crippen molar-refractivity contribution in [3.63, 3.8) is 0 Å². The topological polar surface area (TPSA) is 87.2 Å². The fourth-order valence-electron chi connectivity index (χ4n) is 6.75. The van der Waals surface area contributed by atoms with Gasteiger partial charge in [-0.2, -0.15) is 0 Å². The summed E-state index contributed by atoms with van der Waals surface area (Å²) >= 11 is 1.55. The van der Waals surface area contributed by atoms with Crippen LogP contribution in [-0.2, 0) is 19.1 Å². The van der Waals surface area contributed by atoms with Gasteiger partial charge in [-0.25, -0.2) is 0 Å². The van der Waals surface area contributed by atoms with Gasteiger partial charge in [0, 0.05) is 17.5 Å². The molecule has 1 spiro atoms. The summed E-state index contributed by atoms with van der Waals surface area (Å²) in [5.74, 6) is -2.23. The first kappa shape index (κ1) is 28.0. The molecule has 2 saturated heterocycles. The molecule has 0 radical (unpaired) electrons. The molecule has 0 bridgehead atoms. The molecule has 1 aromatic rings. The van der Waals surface area contributed by atoms with Crippen molar-refractivity contribution in [2.75, 3.05) is 24.7 Å². The standard InChI is InChI=1S/C31H40N2O5S/c1-5-20(3)23(18-34)33-27-29(36)32(22-17-19(2)12-13-21(22)4)15-10-14-31(27)26(28(33)35)25-24(39-31)11-8-6-7-9-16-38-30(25)37/h8,10-14,17,20,23-27,34H,5-7,9,15-16,18H2,1-4H3/b11-8-/t20-,23-,24-,25+,26-,27?,31-/m0/s1. The van der Waals surface area contributed by atoms with Crippen molar-refractivity contribution in [3.8, 4) is 0 Å². The number of hydrogen-bond acceptors (Lipinski definition) is 6. The molecular weight excluding hydrogens is 512 g/mol. The molecule has 4 aliphatic rings. The van der Waals surface area contributed by atoms with Crippen LogP contribution in [-0.4, -0.2) is 69.6 Å². The van der Waals surface area contributed by atoms with Crippen molar-refractivity contribution in [3.05, 3.63) is 53.6 Å². The van der Waals surface area contributed by atoms with Crippen LogP contribution in [0, 0.1) is 31.6 Å². The van der Waals surface area contributed by atoms with Gasteiger partial charge in [-0.1, -0.05) is 56.7 Å². The van der Waals surface area contributed by atoms with Gasteiger partial charge in [0.1, 0.15) is 6.04 Å². The van der Waals surface area contributed by atoms with E-state index in [9.17, 15) is 19.5 Å². The summed E-state index contributed by atoms with van der Waals surface area (Å²) in [6.45, 7) is 8.48. The van der Waals surface area contributed by atoms with Crippen molar-refractivity contribution in [1.82, 2.24) is 4.90 Å². The molecule has 1 N–H and O–H groups in total. The number of carbonyl (C=O) groups is 3. The number of likely N-dealkylation sites (tertiary alicyclic amines) is 1. The zero-order valence-electron chi connectivity index (χ0n) is 23.3. The molecule has 2 amide bonds. The zero-order chi connectivity index (χ0) is 27.9. The summed E-state index contributed by atoms with van der Waals surface area (Å²) in [4.78, 5) is 46.2. The molecule has 1 unspecified atom stereocenters. The van der Waals surface area contributed by atoms with E-state index in [4.69, 9.17) is 4.74 Å². The predicted octanol–water partition coefficient (Wildman–Crippen LogP) is 4.19. The highest BCUT2D eigenvalue weighted by Crippen LogP contribution is 2.61. The van der Waals surface area contributed by atoms with E-state index in [1.54, 1.807) is 21.6 Å². The monoisotopic (exact) mass is 552 g/mol. The zero-order valence-corrected chi connectivity index (χ0v) is 24.2. The highest BCUT2D eigenvalue weighted by Gasteiger charge is 2.72. The molecule has 2 fully saturated rings. The fourth-order valence-corrected chi connectivity index (χ4v) is 8.74. The summed E-state index contributed by atoms with van der Waals surface area (Å²) < 4.78 is 4.77. The van der Waals surface area contributed by atoms with Gasteiger partial charge in [0.2, 0.25) is 5.91 Å². The number of aliphatic hydroxyl groups excluding tert-OH is 1. The maximum atomic E-state index is 14.7. The molecule has 39 heavy (non-hydrogen) atoms. The normalized spacial score (nSPS) is 33.1. The van der Waals surface area contributed by atoms with E-state index in [0.29, 0.717) is 13.2 Å². The van der Waals surface area contributed by atoms with Crippen molar-refractivity contribution >= 4 is 35.2 Å². The Hall–Kier alpha value is -2.58. The Morgan fingerprint density at radius 2 is 1.95 bits per heavy atom. The van der Waals surface area contributed by atoms with Crippen molar-refractivity contribution in [1.29, 1.82) is 0 Å². The molecule has 7 nitrogen and oxygen atoms in total. The highest BCUT2D eigenvalue weighted by atomic mass is 32.2. The summed E-state index contributed by atoms with van der Waals surface area (Å²) in [5.41, 5.74) is 2.85. The number of ether oxygens (including phenoxy) is 1. The number of nitrogens with zero attached hydrogens (tertiary/aromatic N) is 2. The molecule has 1 aromatic carbocycles. The summed E-state index contributed by atoms with van der Waals surface area (Å²) in [7, 11) is 0. The van der Waals surface area contributed by atoms with E-state index in [1.807, 2.05) is 64.1 Å². The number of thioether (sulfide) groups is 1. The Morgan fingerprint density at radius 3 is 2.69 bits per heavy atom. The lowest BCUT2D eigenvalue weighted by Gasteiger charge is -2.40. The number of fused-ring (bicyclic) bond motifs is 2. The molecule has 7 atom stereocenters. The van der Waals surface area contributed by atoms with Crippen LogP contribution in [0.15, 0.2) is 42.5 Å². The van der Waals surface area contributed by atoms with Gasteiger partial charge < -0.3 is 19.6 Å². The first-order chi connectivity index (χ1) is 18.7. The molecule has 4 heterocycles. The first-order valence-electron chi connectivity index (χ1n) is 14.3. The highest BCUT2D eigenvalue weighted by molar-refractivity contribution is 8.02. The van der Waals surface area contributed by atoms with Crippen LogP contribution in [0.25, 0.3) is 0 Å². The van der Waals surface area contributed by atoms with Crippen LogP contribution < -0.4 is 4.90 Å². The maximum absolute atomic E-state index is 14.7. The average molecular weight is 553 g/mol. The van der Waals surface area contributed by atoms with Crippen LogP contribution in [0.2, 0.25) is 0 Å². The number of hydrogen-bond donors (Lipinski definition) is 1. The second-order valence-electron chi connectivity index (χ2n) is 11.5. The Balaban J connectivity index is 1.67. The van der Waals surface area contributed by atoms with Gasteiger partial charge in [-0.3, -0.25) is 14.4 Å². The Morgan fingerprint density at radius 1 is 1.15 bits per heavy atom. The minimum Gasteiger partial charge on any atom is -0.465 e. The minimum absolute atomic E-state index is 0.0271. The second-order valence-corrected chi connectivity index (χ2v) is 12.9. The van der Waals surface area contributed by atoms with Crippen LogP contribution in [0.4, 0.5) is 5.69 Å². The molecule has 0 aliphatic carbocycles. The largest absolute Gasteiger partial charge is 0.465 e. The third-order valence-corrected chi connectivity index (χ3v) is 10.8. The minimum atomic E-state index is -0.936.